The van der Waals surface area contributed by atoms with Gasteiger partial charge in [0, 0.05) is 18.5 Å². The predicted molar refractivity (Wildman–Crippen MR) is 89.7 cm³/mol. The molecule has 0 aliphatic carbocycles. The van der Waals surface area contributed by atoms with E-state index in [0.717, 1.165) is 11.1 Å². The summed E-state index contributed by atoms with van der Waals surface area (Å²) in [6, 6.07) is 17.6. The minimum Gasteiger partial charge on any atom is -0.340 e. The normalized spacial score (nSPS) is 12.0. The first kappa shape index (κ1) is 15.9. The highest BCUT2D eigenvalue weighted by molar-refractivity contribution is 7.98. The molecule has 2 aromatic carbocycles. The Bertz CT molecular complexity index is 585. The second kappa shape index (κ2) is 7.53. The van der Waals surface area contributed by atoms with Crippen molar-refractivity contribution in [2.75, 3.05) is 13.3 Å². The molecule has 0 radical (unpaired) electrons. The minimum absolute atomic E-state index is 0.0863. The van der Waals surface area contributed by atoms with Crippen molar-refractivity contribution >= 4 is 29.3 Å². The van der Waals surface area contributed by atoms with Gasteiger partial charge in [-0.15, -0.1) is 23.4 Å². The number of carbonyl (C=O) groups excluding carboxylic acids is 1. The molecule has 0 spiro atoms. The molecule has 0 bridgehead atoms. The van der Waals surface area contributed by atoms with Crippen molar-refractivity contribution in [2.24, 2.45) is 0 Å². The molecule has 4 heteroatoms. The highest BCUT2D eigenvalue weighted by atomic mass is 35.5. The number of halogens is 1. The predicted octanol–water partition coefficient (Wildman–Crippen LogP) is 4.35. The first-order valence-electron chi connectivity index (χ1n) is 6.68. The van der Waals surface area contributed by atoms with Gasteiger partial charge in [-0.3, -0.25) is 4.79 Å². The van der Waals surface area contributed by atoms with Crippen molar-refractivity contribution in [1.29, 1.82) is 0 Å². The summed E-state index contributed by atoms with van der Waals surface area (Å²) < 4.78 is 0. The Morgan fingerprint density at radius 2 is 1.76 bits per heavy atom. The highest BCUT2D eigenvalue weighted by Crippen LogP contribution is 2.23. The Balaban J connectivity index is 2.01. The van der Waals surface area contributed by atoms with Crippen molar-refractivity contribution in [3.8, 4) is 0 Å². The van der Waals surface area contributed by atoms with Crippen LogP contribution in [0.4, 0.5) is 0 Å². The fraction of sp³-hybridized carbons (Fsp3) is 0.235. The molecular formula is C17H18ClNOS. The zero-order valence-electron chi connectivity index (χ0n) is 12.1. The van der Waals surface area contributed by atoms with Crippen LogP contribution in [-0.4, -0.2) is 24.1 Å². The van der Waals surface area contributed by atoms with Crippen molar-refractivity contribution in [2.45, 2.75) is 16.8 Å². The summed E-state index contributed by atoms with van der Waals surface area (Å²) in [7, 11) is 1.78. The fourth-order valence-electron chi connectivity index (χ4n) is 2.04. The van der Waals surface area contributed by atoms with Gasteiger partial charge < -0.3 is 4.90 Å². The van der Waals surface area contributed by atoms with E-state index in [1.165, 1.54) is 4.90 Å². The smallest absolute Gasteiger partial charge is 0.245 e. The van der Waals surface area contributed by atoms with Crippen LogP contribution in [0.1, 0.15) is 16.5 Å². The van der Waals surface area contributed by atoms with E-state index in [4.69, 9.17) is 11.6 Å². The highest BCUT2D eigenvalue weighted by Gasteiger charge is 2.21. The van der Waals surface area contributed by atoms with Crippen molar-refractivity contribution in [3.05, 3.63) is 65.7 Å². The average Bonchev–Trinajstić information content (AvgIpc) is 2.55. The molecule has 1 amide bonds. The third-order valence-electron chi connectivity index (χ3n) is 3.26. The second-order valence-electron chi connectivity index (χ2n) is 4.82. The van der Waals surface area contributed by atoms with Crippen LogP contribution in [0.25, 0.3) is 0 Å². The molecule has 0 saturated heterocycles. The summed E-state index contributed by atoms with van der Waals surface area (Å²) in [6.45, 7) is 0.559. The van der Waals surface area contributed by atoms with Gasteiger partial charge in [0.05, 0.1) is 0 Å². The van der Waals surface area contributed by atoms with Crippen LogP contribution in [-0.2, 0) is 11.3 Å². The molecule has 1 atom stereocenters. The molecular weight excluding hydrogens is 302 g/mol. The molecule has 0 N–H and O–H groups in total. The number of hydrogen-bond donors (Lipinski definition) is 0. The van der Waals surface area contributed by atoms with E-state index in [-0.39, 0.29) is 5.91 Å². The van der Waals surface area contributed by atoms with Crippen molar-refractivity contribution < 1.29 is 4.79 Å². The lowest BCUT2D eigenvalue weighted by Gasteiger charge is -2.20. The van der Waals surface area contributed by atoms with Crippen LogP contribution in [0.15, 0.2) is 59.5 Å². The molecule has 2 nitrogen and oxygen atoms in total. The number of hydrogen-bond acceptors (Lipinski definition) is 2. The van der Waals surface area contributed by atoms with Gasteiger partial charge in [-0.05, 0) is 29.5 Å². The van der Waals surface area contributed by atoms with Crippen LogP contribution < -0.4 is 0 Å². The monoisotopic (exact) mass is 319 g/mol. The number of rotatable bonds is 5. The average molecular weight is 320 g/mol. The molecule has 21 heavy (non-hydrogen) atoms. The molecule has 2 aromatic rings. The second-order valence-corrected chi connectivity index (χ2v) is 6.13. The van der Waals surface area contributed by atoms with Gasteiger partial charge in [-0.2, -0.15) is 0 Å². The lowest BCUT2D eigenvalue weighted by Crippen LogP contribution is -2.29. The third kappa shape index (κ3) is 4.26. The fourth-order valence-corrected chi connectivity index (χ4v) is 2.76. The van der Waals surface area contributed by atoms with Crippen LogP contribution >= 0.6 is 23.4 Å². The molecule has 110 valence electrons. The summed E-state index contributed by atoms with van der Waals surface area (Å²) in [5.74, 6) is -0.0863. The van der Waals surface area contributed by atoms with Gasteiger partial charge in [0.1, 0.15) is 5.38 Å². The van der Waals surface area contributed by atoms with Gasteiger partial charge in [-0.1, -0.05) is 42.5 Å². The number of benzene rings is 2. The van der Waals surface area contributed by atoms with E-state index in [1.54, 1.807) is 23.7 Å². The Labute approximate surface area is 135 Å². The van der Waals surface area contributed by atoms with Crippen LogP contribution in [0, 0.1) is 0 Å². The van der Waals surface area contributed by atoms with Gasteiger partial charge in [0.15, 0.2) is 0 Å². The Kier molecular flexibility index (Phi) is 5.71. The first-order valence-corrected chi connectivity index (χ1v) is 8.35. The van der Waals surface area contributed by atoms with Crippen LogP contribution in [0.2, 0.25) is 0 Å². The summed E-state index contributed by atoms with van der Waals surface area (Å²) in [5.41, 5.74) is 1.93. The number of alkyl halides is 1. The van der Waals surface area contributed by atoms with E-state index < -0.39 is 5.38 Å². The third-order valence-corrected chi connectivity index (χ3v) is 4.45. The molecule has 0 fully saturated rings. The van der Waals surface area contributed by atoms with E-state index in [0.29, 0.717) is 6.54 Å². The Morgan fingerprint density at radius 3 is 2.33 bits per heavy atom. The quantitative estimate of drug-likeness (QED) is 0.603. The summed E-state index contributed by atoms with van der Waals surface area (Å²) in [5, 5.41) is -0.637. The summed E-state index contributed by atoms with van der Waals surface area (Å²) >= 11 is 7.97. The van der Waals surface area contributed by atoms with Crippen molar-refractivity contribution in [3.63, 3.8) is 0 Å². The topological polar surface area (TPSA) is 20.3 Å². The maximum absolute atomic E-state index is 12.4. The van der Waals surface area contributed by atoms with Gasteiger partial charge >= 0.3 is 0 Å². The van der Waals surface area contributed by atoms with E-state index in [2.05, 4.69) is 12.1 Å². The van der Waals surface area contributed by atoms with E-state index in [1.807, 2.05) is 48.7 Å². The lowest BCUT2D eigenvalue weighted by atomic mass is 10.1. The zero-order chi connectivity index (χ0) is 15.2. The van der Waals surface area contributed by atoms with Crippen LogP contribution in [0.5, 0.6) is 0 Å². The number of amides is 1. The summed E-state index contributed by atoms with van der Waals surface area (Å²) in [4.78, 5) is 15.2. The molecule has 0 aliphatic heterocycles. The van der Waals surface area contributed by atoms with E-state index in [9.17, 15) is 4.79 Å². The van der Waals surface area contributed by atoms with E-state index >= 15 is 0 Å². The van der Waals surface area contributed by atoms with Gasteiger partial charge in [0.2, 0.25) is 5.91 Å². The molecule has 2 rings (SSSR count). The molecule has 0 saturated carbocycles. The first-order chi connectivity index (χ1) is 10.1. The Hall–Kier alpha value is -1.45. The largest absolute Gasteiger partial charge is 0.340 e. The summed E-state index contributed by atoms with van der Waals surface area (Å²) in [6.07, 6.45) is 2.04. The SMILES string of the molecule is CSc1ccc(CN(C)C(=O)C(Cl)c2ccccc2)cc1. The minimum atomic E-state index is -0.637. The lowest BCUT2D eigenvalue weighted by molar-refractivity contribution is -0.130. The number of carbonyl (C=O) groups is 1. The van der Waals surface area contributed by atoms with Gasteiger partial charge in [-0.25, -0.2) is 0 Å². The number of nitrogens with zero attached hydrogens (tertiary/aromatic N) is 1. The van der Waals surface area contributed by atoms with Crippen LogP contribution in [0.3, 0.4) is 0 Å². The number of thioether (sulfide) groups is 1. The van der Waals surface area contributed by atoms with Crippen molar-refractivity contribution in [1.82, 2.24) is 4.90 Å². The zero-order valence-corrected chi connectivity index (χ0v) is 13.7. The molecule has 0 aromatic heterocycles. The molecule has 0 heterocycles. The maximum atomic E-state index is 12.4. The standard InChI is InChI=1S/C17H18ClNOS/c1-19(12-13-8-10-15(21-2)11-9-13)17(20)16(18)14-6-4-3-5-7-14/h3-11,16H,12H2,1-2H3. The maximum Gasteiger partial charge on any atom is 0.245 e. The number of likely N-dealkylation sites (N-methyl/N-ethyl adjacent to an activating group) is 1. The Morgan fingerprint density at radius 1 is 1.14 bits per heavy atom. The van der Waals surface area contributed by atoms with Gasteiger partial charge in [0.25, 0.3) is 0 Å². The molecule has 1 unspecified atom stereocenters. The molecule has 0 aliphatic rings.